The van der Waals surface area contributed by atoms with Gasteiger partial charge in [-0.05, 0) is 31.5 Å². The van der Waals surface area contributed by atoms with Gasteiger partial charge in [0.25, 0.3) is 0 Å². The Bertz CT molecular complexity index is 417. The van der Waals surface area contributed by atoms with Gasteiger partial charge < -0.3 is 15.4 Å². The third-order valence-corrected chi connectivity index (χ3v) is 3.11. The summed E-state index contributed by atoms with van der Waals surface area (Å²) in [4.78, 5) is 11.9. The number of halogens is 1. The zero-order chi connectivity index (χ0) is 12.3. The molecule has 0 saturated carbocycles. The fourth-order valence-corrected chi connectivity index (χ4v) is 2.07. The summed E-state index contributed by atoms with van der Waals surface area (Å²) in [6.45, 7) is 0.905. The maximum absolute atomic E-state index is 11.9. The minimum atomic E-state index is -0.0864. The molecule has 1 atom stereocenters. The largest absolute Gasteiger partial charge is 0.495 e. The summed E-state index contributed by atoms with van der Waals surface area (Å²) in [5.41, 5.74) is 0.699. The molecule has 0 radical (unpaired) electrons. The number of ether oxygens (including phenoxy) is 1. The van der Waals surface area contributed by atoms with Gasteiger partial charge in [0, 0.05) is 11.8 Å². The third-order valence-electron chi connectivity index (χ3n) is 2.80. The Kier molecular flexibility index (Phi) is 3.86. The lowest BCUT2D eigenvalue weighted by Crippen LogP contribution is -2.35. The van der Waals surface area contributed by atoms with E-state index in [2.05, 4.69) is 10.6 Å². The van der Waals surface area contributed by atoms with Crippen LogP contribution in [0.1, 0.15) is 12.8 Å². The Morgan fingerprint density at radius 1 is 1.59 bits per heavy atom. The lowest BCUT2D eigenvalue weighted by Gasteiger charge is -2.12. The Hall–Kier alpha value is -1.26. The highest BCUT2D eigenvalue weighted by molar-refractivity contribution is 6.32. The van der Waals surface area contributed by atoms with Gasteiger partial charge in [-0.15, -0.1) is 0 Å². The highest BCUT2D eigenvalue weighted by Crippen LogP contribution is 2.27. The lowest BCUT2D eigenvalue weighted by molar-refractivity contribution is -0.117. The van der Waals surface area contributed by atoms with Crippen molar-refractivity contribution in [1.82, 2.24) is 5.32 Å². The van der Waals surface area contributed by atoms with Crippen molar-refractivity contribution in [2.45, 2.75) is 18.9 Å². The van der Waals surface area contributed by atoms with Gasteiger partial charge in [-0.1, -0.05) is 11.6 Å². The van der Waals surface area contributed by atoms with E-state index in [1.807, 2.05) is 0 Å². The van der Waals surface area contributed by atoms with Gasteiger partial charge in [-0.3, -0.25) is 4.79 Å². The standard InChI is InChI=1S/C12H15ClN2O2/c1-17-11-7-8(4-5-9(11)13)15-12(16)10-3-2-6-14-10/h4-5,7,10,14H,2-3,6H2,1H3,(H,15,16). The Morgan fingerprint density at radius 3 is 3.06 bits per heavy atom. The first-order valence-electron chi connectivity index (χ1n) is 5.58. The van der Waals surface area contributed by atoms with Gasteiger partial charge in [-0.25, -0.2) is 0 Å². The van der Waals surface area contributed by atoms with Crippen LogP contribution in [-0.4, -0.2) is 25.6 Å². The second-order valence-electron chi connectivity index (χ2n) is 3.99. The van der Waals surface area contributed by atoms with Crippen LogP contribution in [0.3, 0.4) is 0 Å². The number of anilines is 1. The van der Waals surface area contributed by atoms with Crippen molar-refractivity contribution >= 4 is 23.2 Å². The molecular formula is C12H15ClN2O2. The van der Waals surface area contributed by atoms with Crippen LogP contribution in [-0.2, 0) is 4.79 Å². The number of amides is 1. The van der Waals surface area contributed by atoms with E-state index in [0.29, 0.717) is 16.5 Å². The highest BCUT2D eigenvalue weighted by Gasteiger charge is 2.21. The van der Waals surface area contributed by atoms with E-state index in [1.165, 1.54) is 0 Å². The molecule has 17 heavy (non-hydrogen) atoms. The summed E-state index contributed by atoms with van der Waals surface area (Å²) in [5.74, 6) is 0.552. The van der Waals surface area contributed by atoms with Crippen LogP contribution in [0.2, 0.25) is 5.02 Å². The molecule has 1 aromatic rings. The van der Waals surface area contributed by atoms with Gasteiger partial charge in [0.15, 0.2) is 0 Å². The third kappa shape index (κ3) is 2.90. The van der Waals surface area contributed by atoms with Crippen LogP contribution in [0.5, 0.6) is 5.75 Å². The maximum atomic E-state index is 11.9. The second-order valence-corrected chi connectivity index (χ2v) is 4.39. The fraction of sp³-hybridized carbons (Fsp3) is 0.417. The first kappa shape index (κ1) is 12.2. The van der Waals surface area contributed by atoms with Crippen molar-refractivity contribution in [2.24, 2.45) is 0 Å². The van der Waals surface area contributed by atoms with Gasteiger partial charge in [-0.2, -0.15) is 0 Å². The molecule has 1 fully saturated rings. The fourth-order valence-electron chi connectivity index (χ4n) is 1.88. The molecule has 1 saturated heterocycles. The minimum absolute atomic E-state index is 0.00752. The van der Waals surface area contributed by atoms with E-state index >= 15 is 0 Å². The molecule has 1 heterocycles. The normalized spacial score (nSPS) is 19.1. The molecule has 1 unspecified atom stereocenters. The predicted molar refractivity (Wildman–Crippen MR) is 67.7 cm³/mol. The molecule has 2 N–H and O–H groups in total. The molecule has 0 aromatic heterocycles. The zero-order valence-corrected chi connectivity index (χ0v) is 10.4. The van der Waals surface area contributed by atoms with E-state index in [0.717, 1.165) is 19.4 Å². The quantitative estimate of drug-likeness (QED) is 0.868. The first-order valence-corrected chi connectivity index (χ1v) is 5.96. The van der Waals surface area contributed by atoms with Crippen LogP contribution >= 0.6 is 11.6 Å². The van der Waals surface area contributed by atoms with Crippen LogP contribution in [0.25, 0.3) is 0 Å². The number of rotatable bonds is 3. The number of carbonyl (C=O) groups excluding carboxylic acids is 1. The van der Waals surface area contributed by atoms with E-state index < -0.39 is 0 Å². The molecule has 2 rings (SSSR count). The smallest absolute Gasteiger partial charge is 0.241 e. The van der Waals surface area contributed by atoms with E-state index in [-0.39, 0.29) is 11.9 Å². The van der Waals surface area contributed by atoms with Crippen molar-refractivity contribution in [3.8, 4) is 5.75 Å². The second kappa shape index (κ2) is 5.38. The molecule has 1 aromatic carbocycles. The zero-order valence-electron chi connectivity index (χ0n) is 9.63. The number of nitrogens with one attached hydrogen (secondary N) is 2. The van der Waals surface area contributed by atoms with E-state index in [1.54, 1.807) is 25.3 Å². The topological polar surface area (TPSA) is 50.4 Å². The molecule has 1 amide bonds. The summed E-state index contributed by atoms with van der Waals surface area (Å²) in [6.07, 6.45) is 1.93. The molecule has 0 aliphatic carbocycles. The van der Waals surface area contributed by atoms with Gasteiger partial charge in [0.1, 0.15) is 5.75 Å². The molecule has 0 spiro atoms. The predicted octanol–water partition coefficient (Wildman–Crippen LogP) is 2.04. The molecule has 92 valence electrons. The van der Waals surface area contributed by atoms with Crippen molar-refractivity contribution in [3.63, 3.8) is 0 Å². The Morgan fingerprint density at radius 2 is 2.41 bits per heavy atom. The van der Waals surface area contributed by atoms with Crippen LogP contribution in [0, 0.1) is 0 Å². The molecule has 4 nitrogen and oxygen atoms in total. The summed E-state index contributed by atoms with van der Waals surface area (Å²) < 4.78 is 5.09. The average Bonchev–Trinajstić information content (AvgIpc) is 2.85. The SMILES string of the molecule is COc1cc(NC(=O)C2CCCN2)ccc1Cl. The van der Waals surface area contributed by atoms with E-state index in [9.17, 15) is 4.79 Å². The van der Waals surface area contributed by atoms with Crippen molar-refractivity contribution in [3.05, 3.63) is 23.2 Å². The van der Waals surface area contributed by atoms with E-state index in [4.69, 9.17) is 16.3 Å². The molecule has 1 aliphatic heterocycles. The number of methoxy groups -OCH3 is 1. The molecular weight excluding hydrogens is 240 g/mol. The Labute approximate surface area is 105 Å². The average molecular weight is 255 g/mol. The first-order chi connectivity index (χ1) is 8.20. The molecule has 0 bridgehead atoms. The lowest BCUT2D eigenvalue weighted by atomic mass is 10.2. The maximum Gasteiger partial charge on any atom is 0.241 e. The highest BCUT2D eigenvalue weighted by atomic mass is 35.5. The van der Waals surface area contributed by atoms with Gasteiger partial charge in [0.2, 0.25) is 5.91 Å². The van der Waals surface area contributed by atoms with Crippen molar-refractivity contribution in [2.75, 3.05) is 19.0 Å². The Balaban J connectivity index is 2.05. The summed E-state index contributed by atoms with van der Waals surface area (Å²) >= 11 is 5.91. The monoisotopic (exact) mass is 254 g/mol. The number of hydrogen-bond donors (Lipinski definition) is 2. The summed E-state index contributed by atoms with van der Waals surface area (Å²) in [5, 5.41) is 6.52. The van der Waals surface area contributed by atoms with Gasteiger partial charge in [0.05, 0.1) is 18.2 Å². The van der Waals surface area contributed by atoms with Crippen molar-refractivity contribution < 1.29 is 9.53 Å². The summed E-state index contributed by atoms with van der Waals surface area (Å²) in [7, 11) is 1.55. The number of carbonyl (C=O) groups is 1. The van der Waals surface area contributed by atoms with Gasteiger partial charge >= 0.3 is 0 Å². The molecule has 1 aliphatic rings. The number of hydrogen-bond acceptors (Lipinski definition) is 3. The minimum Gasteiger partial charge on any atom is -0.495 e. The van der Waals surface area contributed by atoms with Crippen LogP contribution in [0.4, 0.5) is 5.69 Å². The summed E-state index contributed by atoms with van der Waals surface area (Å²) in [6, 6.07) is 5.10. The van der Waals surface area contributed by atoms with Crippen molar-refractivity contribution in [1.29, 1.82) is 0 Å². The molecule has 5 heteroatoms. The van der Waals surface area contributed by atoms with Crippen LogP contribution in [0.15, 0.2) is 18.2 Å². The number of benzene rings is 1. The van der Waals surface area contributed by atoms with Crippen LogP contribution < -0.4 is 15.4 Å².